The summed E-state index contributed by atoms with van der Waals surface area (Å²) in [6.45, 7) is 1.89. The van der Waals surface area contributed by atoms with E-state index in [1.165, 1.54) is 6.07 Å². The fourth-order valence-electron chi connectivity index (χ4n) is 1.34. The summed E-state index contributed by atoms with van der Waals surface area (Å²) < 4.78 is 43.1. The first kappa shape index (κ1) is 18.5. The van der Waals surface area contributed by atoms with Crippen LogP contribution in [0.3, 0.4) is 0 Å². The zero-order valence-corrected chi connectivity index (χ0v) is 11.6. The number of ether oxygens (including phenoxy) is 1. The smallest absolute Gasteiger partial charge is 0.416 e. The fourth-order valence-corrected chi connectivity index (χ4v) is 1.34. The summed E-state index contributed by atoms with van der Waals surface area (Å²) >= 11 is 0. The van der Waals surface area contributed by atoms with Crippen LogP contribution in [0.2, 0.25) is 0 Å². The van der Waals surface area contributed by atoms with Crippen LogP contribution in [-0.4, -0.2) is 19.1 Å². The van der Waals surface area contributed by atoms with E-state index in [-0.39, 0.29) is 30.4 Å². The number of amides is 1. The number of alkyl halides is 3. The number of nitrogens with one attached hydrogen (secondary N) is 1. The highest BCUT2D eigenvalue weighted by atomic mass is 35.5. The number of rotatable bonds is 5. The first-order valence-corrected chi connectivity index (χ1v) is 5.72. The fraction of sp³-hybridized carbons (Fsp3) is 0.417. The molecule has 0 saturated heterocycles. The molecule has 0 aliphatic heterocycles. The van der Waals surface area contributed by atoms with Crippen molar-refractivity contribution in [3.63, 3.8) is 0 Å². The molecule has 0 fully saturated rings. The molecule has 0 spiro atoms. The third kappa shape index (κ3) is 5.26. The standard InChI is InChI=1S/C12H15F3N2O2.ClH/c1-2-5-19-10-4-3-8(12(13,14)15)6-9(10)17-11(18)7-16;/h3-4,6H,2,5,7,16H2,1H3,(H,17,18);1H. The molecule has 0 atom stereocenters. The zero-order valence-electron chi connectivity index (χ0n) is 10.8. The molecule has 4 nitrogen and oxygen atoms in total. The molecule has 0 bridgehead atoms. The monoisotopic (exact) mass is 312 g/mol. The minimum Gasteiger partial charge on any atom is -0.491 e. The quantitative estimate of drug-likeness (QED) is 0.878. The van der Waals surface area contributed by atoms with Gasteiger partial charge in [-0.1, -0.05) is 6.92 Å². The maximum atomic E-state index is 12.6. The van der Waals surface area contributed by atoms with E-state index in [4.69, 9.17) is 10.5 Å². The summed E-state index contributed by atoms with van der Waals surface area (Å²) in [4.78, 5) is 11.2. The Bertz CT molecular complexity index is 453. The molecular formula is C12H16ClF3N2O2. The van der Waals surface area contributed by atoms with Crippen molar-refractivity contribution >= 4 is 24.0 Å². The Hall–Kier alpha value is -1.47. The summed E-state index contributed by atoms with van der Waals surface area (Å²) in [5.41, 5.74) is 4.23. The van der Waals surface area contributed by atoms with Gasteiger partial charge in [-0.25, -0.2) is 0 Å². The highest BCUT2D eigenvalue weighted by Gasteiger charge is 2.31. The molecule has 0 aromatic heterocycles. The van der Waals surface area contributed by atoms with Gasteiger partial charge in [0.25, 0.3) is 0 Å². The van der Waals surface area contributed by atoms with Crippen molar-refractivity contribution in [2.24, 2.45) is 5.73 Å². The van der Waals surface area contributed by atoms with Crippen LogP contribution < -0.4 is 15.8 Å². The third-order valence-electron chi connectivity index (χ3n) is 2.23. The molecule has 0 radical (unpaired) electrons. The number of benzene rings is 1. The number of halogens is 4. The number of hydrogen-bond donors (Lipinski definition) is 2. The van der Waals surface area contributed by atoms with Gasteiger partial charge < -0.3 is 15.8 Å². The van der Waals surface area contributed by atoms with E-state index in [9.17, 15) is 18.0 Å². The van der Waals surface area contributed by atoms with Gasteiger partial charge in [-0.2, -0.15) is 13.2 Å². The van der Waals surface area contributed by atoms with E-state index in [2.05, 4.69) is 5.32 Å². The SMILES string of the molecule is CCCOc1ccc(C(F)(F)F)cc1NC(=O)CN.Cl. The van der Waals surface area contributed by atoms with Crippen molar-refractivity contribution < 1.29 is 22.7 Å². The Morgan fingerprint density at radius 1 is 1.40 bits per heavy atom. The maximum absolute atomic E-state index is 12.6. The van der Waals surface area contributed by atoms with Gasteiger partial charge in [-0.15, -0.1) is 12.4 Å². The van der Waals surface area contributed by atoms with Crippen LogP contribution in [-0.2, 0) is 11.0 Å². The molecule has 0 aliphatic carbocycles. The lowest BCUT2D eigenvalue weighted by atomic mass is 10.1. The highest BCUT2D eigenvalue weighted by Crippen LogP contribution is 2.35. The van der Waals surface area contributed by atoms with Crippen LogP contribution in [0.25, 0.3) is 0 Å². The average molecular weight is 313 g/mol. The second kappa shape index (κ2) is 7.96. The minimum absolute atomic E-state index is 0. The average Bonchev–Trinajstić information content (AvgIpc) is 2.35. The van der Waals surface area contributed by atoms with Gasteiger partial charge in [0.15, 0.2) is 0 Å². The van der Waals surface area contributed by atoms with Gasteiger partial charge in [-0.3, -0.25) is 4.79 Å². The molecule has 0 saturated carbocycles. The van der Waals surface area contributed by atoms with Crippen molar-refractivity contribution in [2.75, 3.05) is 18.5 Å². The first-order valence-electron chi connectivity index (χ1n) is 5.72. The summed E-state index contributed by atoms with van der Waals surface area (Å²) in [6, 6.07) is 2.92. The van der Waals surface area contributed by atoms with Crippen LogP contribution >= 0.6 is 12.4 Å². The second-order valence-electron chi connectivity index (χ2n) is 3.81. The molecule has 20 heavy (non-hydrogen) atoms. The molecule has 1 aromatic carbocycles. The summed E-state index contributed by atoms with van der Waals surface area (Å²) in [5, 5.41) is 2.29. The second-order valence-corrected chi connectivity index (χ2v) is 3.81. The predicted octanol–water partition coefficient (Wildman–Crippen LogP) is 2.81. The normalized spacial score (nSPS) is 10.7. The maximum Gasteiger partial charge on any atom is 0.416 e. The zero-order chi connectivity index (χ0) is 14.5. The van der Waals surface area contributed by atoms with E-state index in [0.29, 0.717) is 13.0 Å². The molecule has 1 rings (SSSR count). The number of carbonyl (C=O) groups excluding carboxylic acids is 1. The number of anilines is 1. The molecule has 3 N–H and O–H groups in total. The number of nitrogens with two attached hydrogens (primary N) is 1. The first-order chi connectivity index (χ1) is 8.88. The predicted molar refractivity (Wildman–Crippen MR) is 72.2 cm³/mol. The largest absolute Gasteiger partial charge is 0.491 e. The summed E-state index contributed by atoms with van der Waals surface area (Å²) in [6.07, 6.45) is -3.78. The lowest BCUT2D eigenvalue weighted by Crippen LogP contribution is -2.22. The van der Waals surface area contributed by atoms with E-state index >= 15 is 0 Å². The lowest BCUT2D eigenvalue weighted by Gasteiger charge is -2.14. The molecule has 0 aliphatic rings. The van der Waals surface area contributed by atoms with Crippen molar-refractivity contribution in [1.82, 2.24) is 0 Å². The van der Waals surface area contributed by atoms with Crippen LogP contribution in [0.5, 0.6) is 5.75 Å². The van der Waals surface area contributed by atoms with Crippen molar-refractivity contribution in [2.45, 2.75) is 19.5 Å². The lowest BCUT2D eigenvalue weighted by molar-refractivity contribution is -0.137. The Labute approximate surface area is 120 Å². The van der Waals surface area contributed by atoms with E-state index < -0.39 is 17.6 Å². The summed E-state index contributed by atoms with van der Waals surface area (Å²) in [7, 11) is 0. The Kier molecular flexibility index (Phi) is 7.38. The molecule has 0 unspecified atom stereocenters. The van der Waals surface area contributed by atoms with Crippen LogP contribution in [0, 0.1) is 0 Å². The summed E-state index contributed by atoms with van der Waals surface area (Å²) in [5.74, 6) is -0.391. The van der Waals surface area contributed by atoms with Crippen molar-refractivity contribution in [3.05, 3.63) is 23.8 Å². The highest BCUT2D eigenvalue weighted by molar-refractivity contribution is 5.93. The van der Waals surface area contributed by atoms with Gasteiger partial charge in [-0.05, 0) is 24.6 Å². The molecule has 8 heteroatoms. The molecule has 114 valence electrons. The Morgan fingerprint density at radius 2 is 2.05 bits per heavy atom. The molecule has 1 amide bonds. The van der Waals surface area contributed by atoms with Crippen molar-refractivity contribution in [3.8, 4) is 5.75 Å². The third-order valence-corrected chi connectivity index (χ3v) is 2.23. The number of carbonyl (C=O) groups is 1. The van der Waals surface area contributed by atoms with Gasteiger partial charge in [0, 0.05) is 0 Å². The van der Waals surface area contributed by atoms with Crippen LogP contribution in [0.1, 0.15) is 18.9 Å². The Morgan fingerprint density at radius 3 is 2.55 bits per heavy atom. The van der Waals surface area contributed by atoms with Gasteiger partial charge in [0.2, 0.25) is 5.91 Å². The molecule has 0 heterocycles. The van der Waals surface area contributed by atoms with Gasteiger partial charge >= 0.3 is 6.18 Å². The van der Waals surface area contributed by atoms with Gasteiger partial charge in [0.1, 0.15) is 5.75 Å². The number of hydrogen-bond acceptors (Lipinski definition) is 3. The van der Waals surface area contributed by atoms with Gasteiger partial charge in [0.05, 0.1) is 24.4 Å². The molecule has 1 aromatic rings. The van der Waals surface area contributed by atoms with E-state index in [1.54, 1.807) is 0 Å². The molecular weight excluding hydrogens is 297 g/mol. The van der Waals surface area contributed by atoms with E-state index in [1.807, 2.05) is 6.92 Å². The topological polar surface area (TPSA) is 64.3 Å². The van der Waals surface area contributed by atoms with Crippen LogP contribution in [0.4, 0.5) is 18.9 Å². The van der Waals surface area contributed by atoms with E-state index in [0.717, 1.165) is 12.1 Å². The Balaban J connectivity index is 0.00000361. The minimum atomic E-state index is -4.48. The van der Waals surface area contributed by atoms with Crippen LogP contribution in [0.15, 0.2) is 18.2 Å². The van der Waals surface area contributed by atoms with Crippen molar-refractivity contribution in [1.29, 1.82) is 0 Å².